The van der Waals surface area contributed by atoms with E-state index in [1.165, 1.54) is 4.88 Å². The van der Waals surface area contributed by atoms with Crippen molar-refractivity contribution >= 4 is 23.2 Å². The number of rotatable bonds is 4. The number of hydrogen-bond donors (Lipinski definition) is 4. The second-order valence-corrected chi connectivity index (χ2v) is 6.91. The minimum atomic E-state index is -0.833. The minimum Gasteiger partial charge on any atom is -0.481 e. The first-order valence-electron chi connectivity index (χ1n) is 8.25. The second kappa shape index (κ2) is 9.42. The number of nitrogens with one attached hydrogen (secondary N) is 2. The Morgan fingerprint density at radius 1 is 1.35 bits per heavy atom. The SMILES string of the molecule is CC(=O)O.Cc1ncsc1-c1ccc(CNC(=O)C2CC(O)CN2)cc1. The van der Waals surface area contributed by atoms with Crippen molar-refractivity contribution in [1.82, 2.24) is 15.6 Å². The van der Waals surface area contributed by atoms with E-state index in [2.05, 4.69) is 27.8 Å². The third-order valence-electron chi connectivity index (χ3n) is 3.85. The summed E-state index contributed by atoms with van der Waals surface area (Å²) in [5.41, 5.74) is 5.09. The Labute approximate surface area is 156 Å². The molecule has 2 unspecified atom stereocenters. The molecule has 8 heteroatoms. The molecule has 2 atom stereocenters. The summed E-state index contributed by atoms with van der Waals surface area (Å²) in [4.78, 5) is 26.4. The maximum absolute atomic E-state index is 12.0. The Balaban J connectivity index is 0.000000552. The van der Waals surface area contributed by atoms with Gasteiger partial charge in [-0.1, -0.05) is 24.3 Å². The highest BCUT2D eigenvalue weighted by atomic mass is 32.1. The van der Waals surface area contributed by atoms with Crippen molar-refractivity contribution in [2.45, 2.75) is 39.0 Å². The summed E-state index contributed by atoms with van der Waals surface area (Å²) in [5, 5.41) is 22.8. The van der Waals surface area contributed by atoms with E-state index >= 15 is 0 Å². The lowest BCUT2D eigenvalue weighted by Crippen LogP contribution is -2.39. The molecule has 4 N–H and O–H groups in total. The van der Waals surface area contributed by atoms with Crippen LogP contribution in [-0.4, -0.2) is 45.8 Å². The van der Waals surface area contributed by atoms with E-state index in [1.54, 1.807) is 11.3 Å². The molecule has 7 nitrogen and oxygen atoms in total. The summed E-state index contributed by atoms with van der Waals surface area (Å²) < 4.78 is 0. The number of β-amino-alcohol motifs (C(OH)–C–C–N with tert-alkyl or cyclic N) is 1. The molecule has 1 aliphatic heterocycles. The number of amides is 1. The van der Waals surface area contributed by atoms with Crippen molar-refractivity contribution in [2.75, 3.05) is 6.54 Å². The average molecular weight is 377 g/mol. The predicted molar refractivity (Wildman–Crippen MR) is 99.9 cm³/mol. The molecule has 0 saturated carbocycles. The van der Waals surface area contributed by atoms with Gasteiger partial charge >= 0.3 is 0 Å². The summed E-state index contributed by atoms with van der Waals surface area (Å²) in [6.07, 6.45) is 0.0628. The van der Waals surface area contributed by atoms with Crippen LogP contribution in [0.4, 0.5) is 0 Å². The Bertz CT molecular complexity index is 741. The minimum absolute atomic E-state index is 0.0565. The van der Waals surface area contributed by atoms with Crippen molar-refractivity contribution < 1.29 is 19.8 Å². The number of aliphatic carboxylic acids is 1. The molecule has 2 heterocycles. The first kappa shape index (κ1) is 20.0. The number of aliphatic hydroxyl groups is 1. The largest absolute Gasteiger partial charge is 0.481 e. The molecule has 26 heavy (non-hydrogen) atoms. The molecule has 1 amide bonds. The molecule has 0 radical (unpaired) electrons. The van der Waals surface area contributed by atoms with E-state index in [-0.39, 0.29) is 11.9 Å². The van der Waals surface area contributed by atoms with Gasteiger partial charge in [-0.15, -0.1) is 11.3 Å². The summed E-state index contributed by atoms with van der Waals surface area (Å²) in [6, 6.07) is 7.87. The topological polar surface area (TPSA) is 112 Å². The van der Waals surface area contributed by atoms with Crippen molar-refractivity contribution in [3.8, 4) is 10.4 Å². The average Bonchev–Trinajstić information content (AvgIpc) is 3.21. The summed E-state index contributed by atoms with van der Waals surface area (Å²) in [7, 11) is 0. The fraction of sp³-hybridized carbons (Fsp3) is 0.389. The molecule has 3 rings (SSSR count). The van der Waals surface area contributed by atoms with Crippen LogP contribution >= 0.6 is 11.3 Å². The van der Waals surface area contributed by atoms with Crippen LogP contribution in [0.25, 0.3) is 10.4 Å². The molecule has 1 saturated heterocycles. The number of carbonyl (C=O) groups is 2. The van der Waals surface area contributed by atoms with Gasteiger partial charge in [0.05, 0.1) is 28.2 Å². The van der Waals surface area contributed by atoms with Gasteiger partial charge in [-0.2, -0.15) is 0 Å². The number of aliphatic hydroxyl groups excluding tert-OH is 1. The van der Waals surface area contributed by atoms with Gasteiger partial charge in [-0.05, 0) is 24.5 Å². The summed E-state index contributed by atoms with van der Waals surface area (Å²) in [6.45, 7) is 4.07. The fourth-order valence-electron chi connectivity index (χ4n) is 2.58. The third kappa shape index (κ3) is 5.91. The Morgan fingerprint density at radius 3 is 2.50 bits per heavy atom. The van der Waals surface area contributed by atoms with Gasteiger partial charge < -0.3 is 20.8 Å². The van der Waals surface area contributed by atoms with Gasteiger partial charge in [0.25, 0.3) is 5.97 Å². The van der Waals surface area contributed by atoms with Gasteiger partial charge in [0.15, 0.2) is 0 Å². The standard InChI is InChI=1S/C16H19N3O2S.C2H4O2/c1-10-15(22-9-19-10)12-4-2-11(3-5-12)7-18-16(21)14-6-13(20)8-17-14;1-2(3)4/h2-5,9,13-14,17,20H,6-8H2,1H3,(H,18,21);1H3,(H,3,4). The summed E-state index contributed by atoms with van der Waals surface area (Å²) >= 11 is 1.63. The van der Waals surface area contributed by atoms with Gasteiger partial charge in [-0.25, -0.2) is 4.98 Å². The van der Waals surface area contributed by atoms with E-state index in [9.17, 15) is 9.90 Å². The molecular formula is C18H23N3O4S. The highest BCUT2D eigenvalue weighted by Crippen LogP contribution is 2.27. The number of carboxylic acids is 1. The molecule has 140 valence electrons. The molecule has 1 aliphatic rings. The van der Waals surface area contributed by atoms with Crippen molar-refractivity contribution in [1.29, 1.82) is 0 Å². The van der Waals surface area contributed by atoms with Gasteiger partial charge in [0, 0.05) is 20.0 Å². The first-order chi connectivity index (χ1) is 12.4. The molecule has 1 aromatic heterocycles. The Kier molecular flexibility index (Phi) is 7.26. The van der Waals surface area contributed by atoms with Gasteiger partial charge in [0.2, 0.25) is 5.91 Å². The number of nitrogens with zero attached hydrogens (tertiary/aromatic N) is 1. The molecule has 2 aromatic rings. The quantitative estimate of drug-likeness (QED) is 0.643. The van der Waals surface area contributed by atoms with Crippen LogP contribution in [0.15, 0.2) is 29.8 Å². The maximum Gasteiger partial charge on any atom is 0.300 e. The van der Waals surface area contributed by atoms with Crippen LogP contribution < -0.4 is 10.6 Å². The molecule has 1 fully saturated rings. The zero-order chi connectivity index (χ0) is 19.1. The number of carbonyl (C=O) groups excluding carboxylic acids is 1. The van der Waals surface area contributed by atoms with E-state index in [0.29, 0.717) is 19.5 Å². The second-order valence-electron chi connectivity index (χ2n) is 6.05. The number of aromatic nitrogens is 1. The third-order valence-corrected chi connectivity index (χ3v) is 4.83. The van der Waals surface area contributed by atoms with Crippen LogP contribution in [0.2, 0.25) is 0 Å². The normalized spacial score (nSPS) is 18.7. The molecular weight excluding hydrogens is 354 g/mol. The molecule has 1 aromatic carbocycles. The Morgan fingerprint density at radius 2 is 2.00 bits per heavy atom. The van der Waals surface area contributed by atoms with Crippen molar-refractivity contribution in [3.63, 3.8) is 0 Å². The highest BCUT2D eigenvalue weighted by molar-refractivity contribution is 7.13. The van der Waals surface area contributed by atoms with Crippen molar-refractivity contribution in [3.05, 3.63) is 41.0 Å². The lowest BCUT2D eigenvalue weighted by Gasteiger charge is -2.11. The lowest BCUT2D eigenvalue weighted by atomic mass is 10.1. The van der Waals surface area contributed by atoms with E-state index in [1.807, 2.05) is 24.6 Å². The van der Waals surface area contributed by atoms with E-state index in [4.69, 9.17) is 9.90 Å². The van der Waals surface area contributed by atoms with E-state index < -0.39 is 12.1 Å². The fourth-order valence-corrected chi connectivity index (χ4v) is 3.39. The number of thiazole rings is 1. The highest BCUT2D eigenvalue weighted by Gasteiger charge is 2.27. The van der Waals surface area contributed by atoms with Crippen LogP contribution in [0.3, 0.4) is 0 Å². The molecule has 0 spiro atoms. The number of aryl methyl sites for hydroxylation is 1. The zero-order valence-corrected chi connectivity index (χ0v) is 15.5. The lowest BCUT2D eigenvalue weighted by molar-refractivity contribution is -0.134. The van der Waals surface area contributed by atoms with Crippen LogP contribution in [0.1, 0.15) is 24.6 Å². The van der Waals surface area contributed by atoms with Crippen molar-refractivity contribution in [2.24, 2.45) is 0 Å². The summed E-state index contributed by atoms with van der Waals surface area (Å²) in [5.74, 6) is -0.890. The Hall–Kier alpha value is -2.29. The smallest absolute Gasteiger partial charge is 0.300 e. The number of hydrogen-bond acceptors (Lipinski definition) is 6. The predicted octanol–water partition coefficient (Wildman–Crippen LogP) is 1.55. The number of carboxylic acid groups (broad SMARTS) is 1. The van der Waals surface area contributed by atoms with Crippen LogP contribution in [0.5, 0.6) is 0 Å². The van der Waals surface area contributed by atoms with Crippen LogP contribution in [-0.2, 0) is 16.1 Å². The van der Waals surface area contributed by atoms with Gasteiger partial charge in [-0.3, -0.25) is 9.59 Å². The number of benzene rings is 1. The molecule has 0 aliphatic carbocycles. The van der Waals surface area contributed by atoms with Crippen LogP contribution in [0, 0.1) is 6.92 Å². The maximum atomic E-state index is 12.0. The molecule has 0 bridgehead atoms. The van der Waals surface area contributed by atoms with Gasteiger partial charge in [0.1, 0.15) is 0 Å². The first-order valence-corrected chi connectivity index (χ1v) is 9.13. The monoisotopic (exact) mass is 377 g/mol. The van der Waals surface area contributed by atoms with E-state index in [0.717, 1.165) is 23.7 Å². The zero-order valence-electron chi connectivity index (χ0n) is 14.7.